The zero-order chi connectivity index (χ0) is 13.7. The van der Waals surface area contributed by atoms with Gasteiger partial charge < -0.3 is 0 Å². The Morgan fingerprint density at radius 1 is 0.895 bits per heavy atom. The highest BCUT2D eigenvalue weighted by Crippen LogP contribution is 2.26. The van der Waals surface area contributed by atoms with Gasteiger partial charge in [0, 0.05) is 6.26 Å². The summed E-state index contributed by atoms with van der Waals surface area (Å²) in [5, 5.41) is -0.422. The maximum atomic E-state index is 12.0. The Balaban J connectivity index is 2.17. The molecular formula is C16H18O2S. The van der Waals surface area contributed by atoms with Crippen LogP contribution in [0.15, 0.2) is 60.7 Å². The molecule has 0 amide bonds. The van der Waals surface area contributed by atoms with Crippen molar-refractivity contribution in [3.63, 3.8) is 0 Å². The zero-order valence-corrected chi connectivity index (χ0v) is 11.8. The van der Waals surface area contributed by atoms with Crippen LogP contribution in [0.1, 0.15) is 22.8 Å². The van der Waals surface area contributed by atoms with Crippen LogP contribution in [0, 0.1) is 0 Å². The molecule has 3 heteroatoms. The third-order valence-electron chi connectivity index (χ3n) is 3.23. The normalized spacial score (nSPS) is 13.1. The van der Waals surface area contributed by atoms with Crippen LogP contribution < -0.4 is 0 Å². The lowest BCUT2D eigenvalue weighted by molar-refractivity contribution is 0.581. The van der Waals surface area contributed by atoms with Crippen molar-refractivity contribution in [3.8, 4) is 0 Å². The fraction of sp³-hybridized carbons (Fsp3) is 0.250. The summed E-state index contributed by atoms with van der Waals surface area (Å²) in [6, 6.07) is 19.4. The molecule has 0 aliphatic heterocycles. The summed E-state index contributed by atoms with van der Waals surface area (Å²) in [6.45, 7) is 0. The van der Waals surface area contributed by atoms with Crippen LogP contribution in [0.4, 0.5) is 0 Å². The average molecular weight is 274 g/mol. The average Bonchev–Trinajstić information content (AvgIpc) is 2.40. The van der Waals surface area contributed by atoms with Gasteiger partial charge in [-0.1, -0.05) is 60.7 Å². The van der Waals surface area contributed by atoms with Crippen molar-refractivity contribution >= 4 is 9.84 Å². The number of rotatable bonds is 5. The van der Waals surface area contributed by atoms with E-state index in [1.807, 2.05) is 60.7 Å². The first-order valence-corrected chi connectivity index (χ1v) is 8.30. The van der Waals surface area contributed by atoms with Crippen LogP contribution in [-0.4, -0.2) is 14.7 Å². The van der Waals surface area contributed by atoms with E-state index < -0.39 is 15.1 Å². The Morgan fingerprint density at radius 3 is 1.95 bits per heavy atom. The van der Waals surface area contributed by atoms with Gasteiger partial charge in [0.25, 0.3) is 0 Å². The number of benzene rings is 2. The van der Waals surface area contributed by atoms with Gasteiger partial charge in [-0.2, -0.15) is 0 Å². The first-order chi connectivity index (χ1) is 9.07. The monoisotopic (exact) mass is 274 g/mol. The van der Waals surface area contributed by atoms with Crippen molar-refractivity contribution in [2.45, 2.75) is 18.1 Å². The second-order valence-corrected chi connectivity index (χ2v) is 6.98. The third kappa shape index (κ3) is 3.93. The van der Waals surface area contributed by atoms with E-state index >= 15 is 0 Å². The fourth-order valence-corrected chi connectivity index (χ4v) is 3.44. The maximum absolute atomic E-state index is 12.0. The van der Waals surface area contributed by atoms with Gasteiger partial charge in [0.05, 0.1) is 5.25 Å². The topological polar surface area (TPSA) is 34.1 Å². The van der Waals surface area contributed by atoms with Gasteiger partial charge in [-0.05, 0) is 24.0 Å². The van der Waals surface area contributed by atoms with Crippen molar-refractivity contribution in [3.05, 3.63) is 71.8 Å². The van der Waals surface area contributed by atoms with Gasteiger partial charge in [-0.15, -0.1) is 0 Å². The van der Waals surface area contributed by atoms with Crippen molar-refractivity contribution in [1.82, 2.24) is 0 Å². The molecule has 100 valence electrons. The van der Waals surface area contributed by atoms with Gasteiger partial charge in [0.15, 0.2) is 9.84 Å². The molecule has 1 unspecified atom stereocenters. The Kier molecular flexibility index (Phi) is 4.38. The van der Waals surface area contributed by atoms with Crippen LogP contribution in [0.3, 0.4) is 0 Å². The maximum Gasteiger partial charge on any atom is 0.154 e. The standard InChI is InChI=1S/C16H18O2S/c1-19(17,18)16(15-10-6-3-7-11-15)13-12-14-8-4-2-5-9-14/h2-11,16H,12-13H2,1H3. The Labute approximate surface area is 115 Å². The number of hydrogen-bond acceptors (Lipinski definition) is 2. The van der Waals surface area contributed by atoms with Gasteiger partial charge in [-0.25, -0.2) is 8.42 Å². The van der Waals surface area contributed by atoms with Gasteiger partial charge in [-0.3, -0.25) is 0 Å². The first kappa shape index (κ1) is 13.8. The molecule has 0 bridgehead atoms. The molecule has 1 atom stereocenters. The highest BCUT2D eigenvalue weighted by molar-refractivity contribution is 7.90. The molecular weight excluding hydrogens is 256 g/mol. The second-order valence-electron chi connectivity index (χ2n) is 4.75. The molecule has 2 aromatic rings. The van der Waals surface area contributed by atoms with Gasteiger partial charge in [0.2, 0.25) is 0 Å². The van der Waals surface area contributed by atoms with E-state index in [-0.39, 0.29) is 0 Å². The van der Waals surface area contributed by atoms with Crippen molar-refractivity contribution in [2.24, 2.45) is 0 Å². The van der Waals surface area contributed by atoms with E-state index in [1.54, 1.807) is 0 Å². The van der Waals surface area contributed by atoms with Crippen LogP contribution in [0.25, 0.3) is 0 Å². The number of aryl methyl sites for hydroxylation is 1. The highest BCUT2D eigenvalue weighted by atomic mass is 32.2. The molecule has 19 heavy (non-hydrogen) atoms. The first-order valence-electron chi connectivity index (χ1n) is 6.35. The molecule has 0 aliphatic rings. The quantitative estimate of drug-likeness (QED) is 0.837. The largest absolute Gasteiger partial charge is 0.228 e. The highest BCUT2D eigenvalue weighted by Gasteiger charge is 2.22. The molecule has 2 nitrogen and oxygen atoms in total. The SMILES string of the molecule is CS(=O)(=O)C(CCc1ccccc1)c1ccccc1. The van der Waals surface area contributed by atoms with E-state index in [1.165, 1.54) is 11.8 Å². The smallest absolute Gasteiger partial charge is 0.154 e. The molecule has 0 aliphatic carbocycles. The minimum absolute atomic E-state index is 0.422. The number of sulfone groups is 1. The van der Waals surface area contributed by atoms with Crippen LogP contribution in [0.5, 0.6) is 0 Å². The van der Waals surface area contributed by atoms with Gasteiger partial charge in [0.1, 0.15) is 0 Å². The van der Waals surface area contributed by atoms with Crippen LogP contribution in [-0.2, 0) is 16.3 Å². The predicted molar refractivity (Wildman–Crippen MR) is 78.8 cm³/mol. The van der Waals surface area contributed by atoms with E-state index in [0.29, 0.717) is 6.42 Å². The van der Waals surface area contributed by atoms with Crippen molar-refractivity contribution in [2.75, 3.05) is 6.26 Å². The van der Waals surface area contributed by atoms with E-state index in [9.17, 15) is 8.42 Å². The zero-order valence-electron chi connectivity index (χ0n) is 11.0. The van der Waals surface area contributed by atoms with Crippen molar-refractivity contribution < 1.29 is 8.42 Å². The van der Waals surface area contributed by atoms with Crippen LogP contribution in [0.2, 0.25) is 0 Å². The Hall–Kier alpha value is -1.61. The molecule has 0 N–H and O–H groups in total. The summed E-state index contributed by atoms with van der Waals surface area (Å²) in [7, 11) is -3.09. The second kappa shape index (κ2) is 6.02. The Morgan fingerprint density at radius 2 is 1.42 bits per heavy atom. The molecule has 0 fully saturated rings. The summed E-state index contributed by atoms with van der Waals surface area (Å²) < 4.78 is 23.9. The predicted octanol–water partition coefficient (Wildman–Crippen LogP) is 3.41. The molecule has 2 aromatic carbocycles. The summed E-state index contributed by atoms with van der Waals surface area (Å²) in [4.78, 5) is 0. The summed E-state index contributed by atoms with van der Waals surface area (Å²) in [5.41, 5.74) is 2.05. The lowest BCUT2D eigenvalue weighted by atomic mass is 10.0. The summed E-state index contributed by atoms with van der Waals surface area (Å²) in [6.07, 6.45) is 2.70. The molecule has 0 heterocycles. The lowest BCUT2D eigenvalue weighted by Gasteiger charge is -2.15. The van der Waals surface area contributed by atoms with E-state index in [0.717, 1.165) is 12.0 Å². The molecule has 0 saturated carbocycles. The lowest BCUT2D eigenvalue weighted by Crippen LogP contribution is -2.12. The number of hydrogen-bond donors (Lipinski definition) is 0. The molecule has 0 saturated heterocycles. The minimum atomic E-state index is -3.09. The van der Waals surface area contributed by atoms with Crippen molar-refractivity contribution in [1.29, 1.82) is 0 Å². The molecule has 0 radical (unpaired) electrons. The van der Waals surface area contributed by atoms with E-state index in [4.69, 9.17) is 0 Å². The van der Waals surface area contributed by atoms with E-state index in [2.05, 4.69) is 0 Å². The summed E-state index contributed by atoms with van der Waals surface area (Å²) in [5.74, 6) is 0. The summed E-state index contributed by atoms with van der Waals surface area (Å²) >= 11 is 0. The molecule has 0 aromatic heterocycles. The third-order valence-corrected chi connectivity index (χ3v) is 4.77. The molecule has 0 spiro atoms. The minimum Gasteiger partial charge on any atom is -0.228 e. The van der Waals surface area contributed by atoms with Gasteiger partial charge >= 0.3 is 0 Å². The Bertz CT molecular complexity index is 604. The van der Waals surface area contributed by atoms with Crippen LogP contribution >= 0.6 is 0 Å². The molecule has 2 rings (SSSR count). The fourth-order valence-electron chi connectivity index (χ4n) is 2.24.